The van der Waals surface area contributed by atoms with Gasteiger partial charge in [0.15, 0.2) is 0 Å². The lowest BCUT2D eigenvalue weighted by Gasteiger charge is -2.06. The Morgan fingerprint density at radius 2 is 2.31 bits per heavy atom. The summed E-state index contributed by atoms with van der Waals surface area (Å²) in [6.07, 6.45) is 0. The fourth-order valence-electron chi connectivity index (χ4n) is 0.853. The van der Waals surface area contributed by atoms with Gasteiger partial charge in [-0.2, -0.15) is 0 Å². The fourth-order valence-corrected chi connectivity index (χ4v) is 0.853. The Morgan fingerprint density at radius 1 is 1.62 bits per heavy atom. The van der Waals surface area contributed by atoms with Gasteiger partial charge in [-0.1, -0.05) is 6.07 Å². The van der Waals surface area contributed by atoms with Crippen LogP contribution < -0.4 is 11.1 Å². The summed E-state index contributed by atoms with van der Waals surface area (Å²) < 4.78 is 0. The molecule has 0 aromatic carbocycles. The van der Waals surface area contributed by atoms with E-state index in [1.807, 2.05) is 19.1 Å². The Kier molecular flexibility index (Phi) is 2.97. The van der Waals surface area contributed by atoms with Gasteiger partial charge in [0.1, 0.15) is 5.82 Å². The molecular formula is C9H13N3O. The summed E-state index contributed by atoms with van der Waals surface area (Å²) in [5, 5.41) is 2.61. The lowest BCUT2D eigenvalue weighted by molar-refractivity contribution is -0.117. The molecule has 4 heteroatoms. The summed E-state index contributed by atoms with van der Waals surface area (Å²) >= 11 is 0. The van der Waals surface area contributed by atoms with Gasteiger partial charge in [0.25, 0.3) is 0 Å². The second-order valence-corrected chi connectivity index (χ2v) is 2.94. The lowest BCUT2D eigenvalue weighted by atomic mass is 10.3. The predicted octanol–water partition coefficient (Wildman–Crippen LogP) is 0.676. The van der Waals surface area contributed by atoms with E-state index in [4.69, 9.17) is 5.73 Å². The third-order valence-corrected chi connectivity index (χ3v) is 1.55. The molecular weight excluding hydrogens is 166 g/mol. The number of nitrogens with one attached hydrogen (secondary N) is 1. The number of hydrogen-bond donors (Lipinski definition) is 2. The van der Waals surface area contributed by atoms with Crippen molar-refractivity contribution in [2.24, 2.45) is 5.73 Å². The predicted molar refractivity (Wildman–Crippen MR) is 51.3 cm³/mol. The second-order valence-electron chi connectivity index (χ2n) is 2.94. The topological polar surface area (TPSA) is 68.0 Å². The van der Waals surface area contributed by atoms with Crippen molar-refractivity contribution in [3.05, 3.63) is 23.9 Å². The zero-order chi connectivity index (χ0) is 9.84. The summed E-state index contributed by atoms with van der Waals surface area (Å²) in [5.41, 5.74) is 6.25. The van der Waals surface area contributed by atoms with Crippen LogP contribution in [0.25, 0.3) is 0 Å². The van der Waals surface area contributed by atoms with Crippen LogP contribution in [0.5, 0.6) is 0 Å². The first-order chi connectivity index (χ1) is 6.09. The van der Waals surface area contributed by atoms with E-state index in [0.717, 1.165) is 5.69 Å². The molecule has 0 spiro atoms. The highest BCUT2D eigenvalue weighted by molar-refractivity contribution is 5.93. The van der Waals surface area contributed by atoms with E-state index in [-0.39, 0.29) is 5.91 Å². The molecule has 0 fully saturated rings. The van der Waals surface area contributed by atoms with Gasteiger partial charge in [-0.05, 0) is 26.0 Å². The maximum absolute atomic E-state index is 11.1. The first-order valence-corrected chi connectivity index (χ1v) is 4.09. The first-order valence-electron chi connectivity index (χ1n) is 4.09. The highest BCUT2D eigenvalue weighted by Gasteiger charge is 2.07. The number of aryl methyl sites for hydroxylation is 1. The summed E-state index contributed by atoms with van der Waals surface area (Å²) in [4.78, 5) is 15.3. The van der Waals surface area contributed by atoms with Crippen molar-refractivity contribution < 1.29 is 4.79 Å². The number of nitrogens with two attached hydrogens (primary N) is 1. The van der Waals surface area contributed by atoms with Gasteiger partial charge in [-0.15, -0.1) is 0 Å². The summed E-state index contributed by atoms with van der Waals surface area (Å²) in [7, 11) is 0. The molecule has 0 bridgehead atoms. The molecule has 13 heavy (non-hydrogen) atoms. The molecule has 70 valence electrons. The number of carbonyl (C=O) groups is 1. The van der Waals surface area contributed by atoms with Gasteiger partial charge in [0.05, 0.1) is 6.04 Å². The zero-order valence-electron chi connectivity index (χ0n) is 7.74. The molecule has 1 aromatic rings. The molecule has 0 saturated carbocycles. The normalized spacial score (nSPS) is 12.2. The van der Waals surface area contributed by atoms with Crippen LogP contribution in [0.1, 0.15) is 12.6 Å². The number of pyridine rings is 1. The molecule has 1 heterocycles. The monoisotopic (exact) mass is 179 g/mol. The number of amides is 1. The van der Waals surface area contributed by atoms with Crippen molar-refractivity contribution in [3.63, 3.8) is 0 Å². The standard InChI is InChI=1S/C9H13N3O/c1-6-4-3-5-8(11-6)12-9(13)7(2)10/h3-5,7H,10H2,1-2H3,(H,11,12,13)/t7-/m0/s1. The SMILES string of the molecule is Cc1cccc(NC(=O)[C@H](C)N)n1. The maximum Gasteiger partial charge on any atom is 0.242 e. The lowest BCUT2D eigenvalue weighted by Crippen LogP contribution is -2.32. The number of hydrogen-bond acceptors (Lipinski definition) is 3. The number of rotatable bonds is 2. The van der Waals surface area contributed by atoms with E-state index in [2.05, 4.69) is 10.3 Å². The molecule has 1 rings (SSSR count). The van der Waals surface area contributed by atoms with Crippen LogP contribution in [0.15, 0.2) is 18.2 Å². The quantitative estimate of drug-likeness (QED) is 0.701. The Morgan fingerprint density at radius 3 is 2.85 bits per heavy atom. The van der Waals surface area contributed by atoms with Crippen molar-refractivity contribution in [1.82, 2.24) is 4.98 Å². The minimum absolute atomic E-state index is 0.224. The van der Waals surface area contributed by atoms with Gasteiger partial charge in [-0.3, -0.25) is 4.79 Å². The van der Waals surface area contributed by atoms with Crippen LogP contribution in [0.2, 0.25) is 0 Å². The molecule has 0 unspecified atom stereocenters. The van der Waals surface area contributed by atoms with Crippen molar-refractivity contribution in [2.45, 2.75) is 19.9 Å². The smallest absolute Gasteiger partial charge is 0.242 e. The van der Waals surface area contributed by atoms with Crippen molar-refractivity contribution in [2.75, 3.05) is 5.32 Å². The van der Waals surface area contributed by atoms with Crippen molar-refractivity contribution >= 4 is 11.7 Å². The number of anilines is 1. The van der Waals surface area contributed by atoms with Crippen molar-refractivity contribution in [3.8, 4) is 0 Å². The third kappa shape index (κ3) is 2.83. The Bertz CT molecular complexity index is 309. The molecule has 0 radical (unpaired) electrons. The van der Waals surface area contributed by atoms with Crippen LogP contribution in [-0.4, -0.2) is 16.9 Å². The molecule has 0 aliphatic rings. The van der Waals surface area contributed by atoms with E-state index in [1.165, 1.54) is 0 Å². The van der Waals surface area contributed by atoms with E-state index in [0.29, 0.717) is 5.82 Å². The molecule has 0 saturated heterocycles. The Balaban J connectivity index is 2.69. The van der Waals surface area contributed by atoms with Gasteiger partial charge in [0, 0.05) is 5.69 Å². The highest BCUT2D eigenvalue weighted by atomic mass is 16.2. The van der Waals surface area contributed by atoms with Crippen LogP contribution in [0.4, 0.5) is 5.82 Å². The van der Waals surface area contributed by atoms with E-state index in [9.17, 15) is 4.79 Å². The summed E-state index contributed by atoms with van der Waals surface area (Å²) in [5.74, 6) is 0.320. The number of aromatic nitrogens is 1. The summed E-state index contributed by atoms with van der Waals surface area (Å²) in [6, 6.07) is 4.91. The Hall–Kier alpha value is -1.42. The molecule has 0 aliphatic heterocycles. The Labute approximate surface area is 77.2 Å². The minimum atomic E-state index is -0.512. The van der Waals surface area contributed by atoms with Crippen LogP contribution in [-0.2, 0) is 4.79 Å². The van der Waals surface area contributed by atoms with E-state index in [1.54, 1.807) is 13.0 Å². The first kappa shape index (κ1) is 9.67. The van der Waals surface area contributed by atoms with Crippen molar-refractivity contribution in [1.29, 1.82) is 0 Å². The zero-order valence-corrected chi connectivity index (χ0v) is 7.74. The second kappa shape index (κ2) is 4.00. The average molecular weight is 179 g/mol. The third-order valence-electron chi connectivity index (χ3n) is 1.55. The van der Waals surface area contributed by atoms with Gasteiger partial charge < -0.3 is 11.1 Å². The molecule has 4 nitrogen and oxygen atoms in total. The van der Waals surface area contributed by atoms with E-state index >= 15 is 0 Å². The van der Waals surface area contributed by atoms with Gasteiger partial charge in [-0.25, -0.2) is 4.98 Å². The van der Waals surface area contributed by atoms with Crippen LogP contribution in [0, 0.1) is 6.92 Å². The average Bonchev–Trinajstić information content (AvgIpc) is 2.04. The molecule has 1 aromatic heterocycles. The number of nitrogens with zero attached hydrogens (tertiary/aromatic N) is 1. The minimum Gasteiger partial charge on any atom is -0.320 e. The summed E-state index contributed by atoms with van der Waals surface area (Å²) in [6.45, 7) is 3.49. The fraction of sp³-hybridized carbons (Fsp3) is 0.333. The van der Waals surface area contributed by atoms with Crippen LogP contribution >= 0.6 is 0 Å². The van der Waals surface area contributed by atoms with Gasteiger partial charge >= 0.3 is 0 Å². The molecule has 1 amide bonds. The molecule has 3 N–H and O–H groups in total. The van der Waals surface area contributed by atoms with Gasteiger partial charge in [0.2, 0.25) is 5.91 Å². The highest BCUT2D eigenvalue weighted by Crippen LogP contribution is 2.03. The van der Waals surface area contributed by atoms with Crippen LogP contribution in [0.3, 0.4) is 0 Å². The number of carbonyl (C=O) groups excluding carboxylic acids is 1. The molecule has 1 atom stereocenters. The van der Waals surface area contributed by atoms with E-state index < -0.39 is 6.04 Å². The molecule has 0 aliphatic carbocycles. The maximum atomic E-state index is 11.1. The largest absolute Gasteiger partial charge is 0.320 e.